The molecule has 2 N–H and O–H groups in total. The number of hydrogen-bond acceptors (Lipinski definition) is 2. The van der Waals surface area contributed by atoms with Gasteiger partial charge in [0.25, 0.3) is 0 Å². The molecule has 3 heteroatoms. The van der Waals surface area contributed by atoms with Crippen LogP contribution in [0.4, 0.5) is 0 Å². The molecular weight excluding hydrogens is 140 g/mol. The first-order chi connectivity index (χ1) is 5.21. The molecule has 1 aliphatic rings. The lowest BCUT2D eigenvalue weighted by Gasteiger charge is -2.19. The second-order valence-electron chi connectivity index (χ2n) is 3.36. The van der Waals surface area contributed by atoms with Crippen molar-refractivity contribution in [3.05, 3.63) is 18.2 Å². The SMILES string of the molecule is C[C@](O)(c1ncc[nH]1)C1CC1. The van der Waals surface area contributed by atoms with Crippen LogP contribution in [0.2, 0.25) is 0 Å². The Morgan fingerprint density at radius 3 is 2.91 bits per heavy atom. The Balaban J connectivity index is 2.26. The molecule has 0 spiro atoms. The lowest BCUT2D eigenvalue weighted by Crippen LogP contribution is -2.25. The van der Waals surface area contributed by atoms with Gasteiger partial charge in [-0.2, -0.15) is 0 Å². The van der Waals surface area contributed by atoms with Gasteiger partial charge in [-0.3, -0.25) is 0 Å². The molecule has 0 unspecified atom stereocenters. The van der Waals surface area contributed by atoms with Crippen molar-refractivity contribution in [1.29, 1.82) is 0 Å². The van der Waals surface area contributed by atoms with Crippen LogP contribution >= 0.6 is 0 Å². The fourth-order valence-electron chi connectivity index (χ4n) is 1.38. The van der Waals surface area contributed by atoms with Crippen molar-refractivity contribution < 1.29 is 5.11 Å². The van der Waals surface area contributed by atoms with Gasteiger partial charge in [0.15, 0.2) is 0 Å². The van der Waals surface area contributed by atoms with Crippen LogP contribution in [0.1, 0.15) is 25.6 Å². The molecule has 1 aromatic rings. The highest BCUT2D eigenvalue weighted by Gasteiger charge is 2.42. The van der Waals surface area contributed by atoms with Gasteiger partial charge < -0.3 is 10.1 Å². The molecule has 0 amide bonds. The Kier molecular flexibility index (Phi) is 1.29. The average Bonchev–Trinajstić information content (AvgIpc) is 2.66. The minimum absolute atomic E-state index is 0.411. The summed E-state index contributed by atoms with van der Waals surface area (Å²) in [6, 6.07) is 0. The zero-order chi connectivity index (χ0) is 7.90. The van der Waals surface area contributed by atoms with Crippen LogP contribution in [-0.4, -0.2) is 15.1 Å². The van der Waals surface area contributed by atoms with Gasteiger partial charge in [-0.15, -0.1) is 0 Å². The summed E-state index contributed by atoms with van der Waals surface area (Å²) >= 11 is 0. The standard InChI is InChI=1S/C8H12N2O/c1-8(11,6-2-3-6)7-9-4-5-10-7/h4-6,11H,2-3H2,1H3,(H,9,10)/t8-/m1/s1. The summed E-state index contributed by atoms with van der Waals surface area (Å²) in [6.45, 7) is 1.82. The van der Waals surface area contributed by atoms with Gasteiger partial charge in [0.05, 0.1) is 0 Å². The van der Waals surface area contributed by atoms with E-state index in [9.17, 15) is 5.11 Å². The third-order valence-electron chi connectivity index (χ3n) is 2.35. The van der Waals surface area contributed by atoms with Crippen molar-refractivity contribution in [2.75, 3.05) is 0 Å². The van der Waals surface area contributed by atoms with E-state index in [1.807, 2.05) is 6.92 Å². The smallest absolute Gasteiger partial charge is 0.138 e. The summed E-state index contributed by atoms with van der Waals surface area (Å²) in [5, 5.41) is 9.92. The number of hydrogen-bond donors (Lipinski definition) is 2. The van der Waals surface area contributed by atoms with Gasteiger partial charge in [0.1, 0.15) is 11.4 Å². The van der Waals surface area contributed by atoms with Crippen LogP contribution in [0.5, 0.6) is 0 Å². The normalized spacial score (nSPS) is 23.1. The Bertz CT molecular complexity index is 237. The highest BCUT2D eigenvalue weighted by molar-refractivity contribution is 5.06. The van der Waals surface area contributed by atoms with Gasteiger partial charge in [-0.25, -0.2) is 4.98 Å². The molecule has 2 rings (SSSR count). The van der Waals surface area contributed by atoms with Crippen molar-refractivity contribution in [2.24, 2.45) is 5.92 Å². The number of H-pyrrole nitrogens is 1. The maximum Gasteiger partial charge on any atom is 0.138 e. The molecule has 1 heterocycles. The summed E-state index contributed by atoms with van der Waals surface area (Å²) in [5.41, 5.74) is -0.733. The molecule has 11 heavy (non-hydrogen) atoms. The van der Waals surface area contributed by atoms with E-state index in [1.54, 1.807) is 12.4 Å². The highest BCUT2D eigenvalue weighted by atomic mass is 16.3. The van der Waals surface area contributed by atoms with Crippen LogP contribution in [0.25, 0.3) is 0 Å². The number of nitrogens with one attached hydrogen (secondary N) is 1. The Hall–Kier alpha value is -0.830. The predicted molar refractivity (Wildman–Crippen MR) is 40.9 cm³/mol. The third kappa shape index (κ3) is 1.05. The van der Waals surface area contributed by atoms with Crippen molar-refractivity contribution in [3.8, 4) is 0 Å². The number of aromatic nitrogens is 2. The van der Waals surface area contributed by atoms with Gasteiger partial charge >= 0.3 is 0 Å². The fraction of sp³-hybridized carbons (Fsp3) is 0.625. The molecule has 0 radical (unpaired) electrons. The van der Waals surface area contributed by atoms with E-state index >= 15 is 0 Å². The number of nitrogens with zero attached hydrogens (tertiary/aromatic N) is 1. The van der Waals surface area contributed by atoms with E-state index in [0.717, 1.165) is 12.8 Å². The largest absolute Gasteiger partial charge is 0.382 e. The second kappa shape index (κ2) is 2.08. The first kappa shape index (κ1) is 6.85. The molecule has 60 valence electrons. The first-order valence-electron chi connectivity index (χ1n) is 3.93. The summed E-state index contributed by atoms with van der Waals surface area (Å²) in [6.07, 6.45) is 5.65. The minimum atomic E-state index is -0.733. The first-order valence-corrected chi connectivity index (χ1v) is 3.93. The van der Waals surface area contributed by atoms with Gasteiger partial charge in [-0.1, -0.05) is 0 Å². The molecule has 3 nitrogen and oxygen atoms in total. The van der Waals surface area contributed by atoms with E-state index in [-0.39, 0.29) is 0 Å². The van der Waals surface area contributed by atoms with E-state index in [1.165, 1.54) is 0 Å². The van der Waals surface area contributed by atoms with Crippen LogP contribution in [-0.2, 0) is 5.60 Å². The monoisotopic (exact) mass is 152 g/mol. The number of imidazole rings is 1. The van der Waals surface area contributed by atoms with E-state index in [2.05, 4.69) is 9.97 Å². The molecule has 0 saturated heterocycles. The van der Waals surface area contributed by atoms with Crippen molar-refractivity contribution in [3.63, 3.8) is 0 Å². The summed E-state index contributed by atoms with van der Waals surface area (Å²) < 4.78 is 0. The zero-order valence-corrected chi connectivity index (χ0v) is 6.54. The molecule has 1 atom stereocenters. The van der Waals surface area contributed by atoms with Crippen molar-refractivity contribution in [2.45, 2.75) is 25.4 Å². The molecule has 1 saturated carbocycles. The van der Waals surface area contributed by atoms with E-state index in [0.29, 0.717) is 11.7 Å². The summed E-state index contributed by atoms with van der Waals surface area (Å²) in [7, 11) is 0. The molecule has 0 aliphatic heterocycles. The topological polar surface area (TPSA) is 48.9 Å². The Morgan fingerprint density at radius 2 is 2.45 bits per heavy atom. The average molecular weight is 152 g/mol. The summed E-state index contributed by atoms with van der Waals surface area (Å²) in [5.74, 6) is 1.11. The molecular formula is C8H12N2O. The maximum absolute atomic E-state index is 9.92. The molecule has 1 aliphatic carbocycles. The van der Waals surface area contributed by atoms with E-state index in [4.69, 9.17) is 0 Å². The van der Waals surface area contributed by atoms with Gasteiger partial charge in [0.2, 0.25) is 0 Å². The quantitative estimate of drug-likeness (QED) is 0.664. The van der Waals surface area contributed by atoms with Crippen molar-refractivity contribution >= 4 is 0 Å². The van der Waals surface area contributed by atoms with Gasteiger partial charge in [-0.05, 0) is 25.7 Å². The van der Waals surface area contributed by atoms with Crippen LogP contribution < -0.4 is 0 Å². The molecule has 1 fully saturated rings. The number of aliphatic hydroxyl groups is 1. The van der Waals surface area contributed by atoms with Crippen molar-refractivity contribution in [1.82, 2.24) is 9.97 Å². The molecule has 0 aromatic carbocycles. The Morgan fingerprint density at radius 1 is 1.73 bits per heavy atom. The Labute approximate surface area is 65.5 Å². The lowest BCUT2D eigenvalue weighted by molar-refractivity contribution is 0.0247. The van der Waals surface area contributed by atoms with Crippen LogP contribution in [0, 0.1) is 5.92 Å². The molecule has 1 aromatic heterocycles. The lowest BCUT2D eigenvalue weighted by atomic mass is 10.0. The molecule has 0 bridgehead atoms. The van der Waals surface area contributed by atoms with E-state index < -0.39 is 5.60 Å². The number of aromatic amines is 1. The fourth-order valence-corrected chi connectivity index (χ4v) is 1.38. The van der Waals surface area contributed by atoms with Gasteiger partial charge in [0, 0.05) is 12.4 Å². The maximum atomic E-state index is 9.92. The summed E-state index contributed by atoms with van der Waals surface area (Å²) in [4.78, 5) is 6.98. The zero-order valence-electron chi connectivity index (χ0n) is 6.54. The third-order valence-corrected chi connectivity index (χ3v) is 2.35. The minimum Gasteiger partial charge on any atom is -0.382 e. The predicted octanol–water partition coefficient (Wildman–Crippen LogP) is 1.03. The highest BCUT2D eigenvalue weighted by Crippen LogP contribution is 2.44. The number of rotatable bonds is 2. The van der Waals surface area contributed by atoms with Crippen LogP contribution in [0.15, 0.2) is 12.4 Å². The second-order valence-corrected chi connectivity index (χ2v) is 3.36. The van der Waals surface area contributed by atoms with Crippen LogP contribution in [0.3, 0.4) is 0 Å².